The van der Waals surface area contributed by atoms with Gasteiger partial charge in [-0.3, -0.25) is 9.59 Å². The van der Waals surface area contributed by atoms with Crippen LogP contribution in [-0.4, -0.2) is 26.5 Å². The van der Waals surface area contributed by atoms with E-state index in [0.29, 0.717) is 18.0 Å². The third-order valence-corrected chi connectivity index (χ3v) is 7.01. The van der Waals surface area contributed by atoms with Crippen molar-refractivity contribution in [2.75, 3.05) is 4.90 Å². The average Bonchev–Trinajstić information content (AvgIpc) is 2.91. The topological polar surface area (TPSA) is 50.3 Å². The number of nitrogens with zero attached hydrogens (tertiary/aromatic N) is 2. The average molecular weight is 394 g/mol. The van der Waals surface area contributed by atoms with E-state index >= 15 is 0 Å². The number of carbonyl (C=O) groups excluding carboxylic acids is 2. The molecule has 1 aliphatic carbocycles. The molecule has 0 N–H and O–H groups in total. The maximum Gasteiger partial charge on any atom is 0.239 e. The SMILES string of the molecule is O=C1[C@@H]2C[C@H](Br)[C@@H](Br)C[C@H]2C(=O)N1c1nccs1. The number of amides is 2. The van der Waals surface area contributed by atoms with Gasteiger partial charge in [-0.15, -0.1) is 11.3 Å². The second-order valence-electron chi connectivity index (χ2n) is 4.54. The molecule has 1 aliphatic heterocycles. The first kappa shape index (κ1) is 12.7. The second-order valence-corrected chi connectivity index (χ2v) is 7.77. The first-order chi connectivity index (χ1) is 8.59. The number of hydrogen-bond acceptors (Lipinski definition) is 4. The van der Waals surface area contributed by atoms with E-state index in [4.69, 9.17) is 0 Å². The second kappa shape index (κ2) is 4.68. The molecule has 4 nitrogen and oxygen atoms in total. The molecule has 1 aromatic heterocycles. The molecule has 1 aromatic rings. The van der Waals surface area contributed by atoms with E-state index in [0.717, 1.165) is 0 Å². The predicted molar refractivity (Wildman–Crippen MR) is 76.3 cm³/mol. The van der Waals surface area contributed by atoms with Crippen LogP contribution in [-0.2, 0) is 9.59 Å². The highest BCUT2D eigenvalue weighted by molar-refractivity contribution is 9.12. The summed E-state index contributed by atoms with van der Waals surface area (Å²) in [4.78, 5) is 30.5. The van der Waals surface area contributed by atoms with Crippen molar-refractivity contribution >= 4 is 60.1 Å². The number of fused-ring (bicyclic) bond motifs is 1. The Labute approximate surface area is 125 Å². The maximum atomic E-state index is 12.3. The molecule has 1 saturated carbocycles. The van der Waals surface area contributed by atoms with Gasteiger partial charge in [0.2, 0.25) is 11.8 Å². The third kappa shape index (κ3) is 1.87. The minimum absolute atomic E-state index is 0.0937. The van der Waals surface area contributed by atoms with Crippen molar-refractivity contribution in [2.45, 2.75) is 22.5 Å². The Morgan fingerprint density at radius 1 is 1.17 bits per heavy atom. The minimum Gasteiger partial charge on any atom is -0.274 e. The smallest absolute Gasteiger partial charge is 0.239 e. The van der Waals surface area contributed by atoms with Crippen LogP contribution in [0.4, 0.5) is 5.13 Å². The highest BCUT2D eigenvalue weighted by atomic mass is 79.9. The molecule has 7 heteroatoms. The standard InChI is InChI=1S/C11H10Br2N2O2S/c12-7-3-5-6(4-8(7)13)10(17)15(9(5)16)11-14-1-2-18-11/h1-2,5-8H,3-4H2/t5-,6-,7+,8+/m1/s1. The number of thiazole rings is 1. The fourth-order valence-electron chi connectivity index (χ4n) is 2.61. The van der Waals surface area contributed by atoms with Gasteiger partial charge in [-0.25, -0.2) is 9.88 Å². The molecule has 0 aromatic carbocycles. The lowest BCUT2D eigenvalue weighted by Crippen LogP contribution is -2.34. The predicted octanol–water partition coefficient (Wildman–Crippen LogP) is 2.57. The van der Waals surface area contributed by atoms with Crippen molar-refractivity contribution in [3.05, 3.63) is 11.6 Å². The van der Waals surface area contributed by atoms with Gasteiger partial charge in [0.1, 0.15) is 0 Å². The summed E-state index contributed by atoms with van der Waals surface area (Å²) in [7, 11) is 0. The Bertz CT molecular complexity index is 465. The molecular weight excluding hydrogens is 384 g/mol. The van der Waals surface area contributed by atoms with Crippen LogP contribution in [0.2, 0.25) is 0 Å². The highest BCUT2D eigenvalue weighted by Gasteiger charge is 2.52. The van der Waals surface area contributed by atoms with Gasteiger partial charge in [0.15, 0.2) is 5.13 Å². The Balaban J connectivity index is 1.93. The lowest BCUT2D eigenvalue weighted by molar-refractivity contribution is -0.122. The minimum atomic E-state index is -0.195. The molecule has 0 bridgehead atoms. The Kier molecular flexibility index (Phi) is 3.32. The number of anilines is 1. The first-order valence-corrected chi connectivity index (χ1v) is 8.36. The van der Waals surface area contributed by atoms with Gasteiger partial charge in [-0.05, 0) is 12.8 Å². The molecule has 2 heterocycles. The zero-order valence-corrected chi connectivity index (χ0v) is 13.2. The van der Waals surface area contributed by atoms with Crippen molar-refractivity contribution in [3.63, 3.8) is 0 Å². The van der Waals surface area contributed by atoms with E-state index in [2.05, 4.69) is 36.8 Å². The van der Waals surface area contributed by atoms with Crippen LogP contribution in [0.1, 0.15) is 12.8 Å². The number of carbonyl (C=O) groups is 2. The molecule has 3 rings (SSSR count). The van der Waals surface area contributed by atoms with E-state index in [1.54, 1.807) is 11.6 Å². The molecule has 18 heavy (non-hydrogen) atoms. The zero-order valence-electron chi connectivity index (χ0n) is 9.25. The molecule has 0 radical (unpaired) electrons. The number of alkyl halides is 2. The third-order valence-electron chi connectivity index (χ3n) is 3.52. The van der Waals surface area contributed by atoms with Crippen molar-refractivity contribution in [1.82, 2.24) is 4.98 Å². The van der Waals surface area contributed by atoms with Crippen molar-refractivity contribution < 1.29 is 9.59 Å². The van der Waals surface area contributed by atoms with Gasteiger partial charge in [-0.2, -0.15) is 0 Å². The number of rotatable bonds is 1. The molecule has 2 aliphatic rings. The molecule has 1 saturated heterocycles. The van der Waals surface area contributed by atoms with Crippen molar-refractivity contribution in [1.29, 1.82) is 0 Å². The first-order valence-electron chi connectivity index (χ1n) is 5.65. The van der Waals surface area contributed by atoms with E-state index in [1.807, 2.05) is 0 Å². The largest absolute Gasteiger partial charge is 0.274 e. The Hall–Kier alpha value is -0.270. The van der Waals surface area contributed by atoms with Crippen molar-refractivity contribution in [2.24, 2.45) is 11.8 Å². The Morgan fingerprint density at radius 2 is 1.72 bits per heavy atom. The normalized spacial score (nSPS) is 36.0. The van der Waals surface area contributed by atoms with Crippen LogP contribution >= 0.6 is 43.2 Å². The molecule has 96 valence electrons. The van der Waals surface area contributed by atoms with Crippen LogP contribution in [0, 0.1) is 11.8 Å². The van der Waals surface area contributed by atoms with Crippen LogP contribution in [0.25, 0.3) is 0 Å². The molecule has 0 spiro atoms. The molecule has 2 amide bonds. The Morgan fingerprint density at radius 3 is 2.17 bits per heavy atom. The van der Waals surface area contributed by atoms with Gasteiger partial charge >= 0.3 is 0 Å². The molecule has 4 atom stereocenters. The lowest BCUT2D eigenvalue weighted by Gasteiger charge is -2.29. The van der Waals surface area contributed by atoms with E-state index in [1.165, 1.54) is 16.2 Å². The fraction of sp³-hybridized carbons (Fsp3) is 0.545. The van der Waals surface area contributed by atoms with Crippen LogP contribution in [0.15, 0.2) is 11.6 Å². The summed E-state index contributed by atoms with van der Waals surface area (Å²) in [5, 5.41) is 2.27. The summed E-state index contributed by atoms with van der Waals surface area (Å²) in [6.07, 6.45) is 3.02. The zero-order chi connectivity index (χ0) is 12.9. The fourth-order valence-corrected chi connectivity index (χ4v) is 4.50. The van der Waals surface area contributed by atoms with Gasteiger partial charge in [0, 0.05) is 21.2 Å². The monoisotopic (exact) mass is 392 g/mol. The van der Waals surface area contributed by atoms with Crippen LogP contribution in [0.5, 0.6) is 0 Å². The summed E-state index contributed by atoms with van der Waals surface area (Å²) < 4.78 is 0. The van der Waals surface area contributed by atoms with Gasteiger partial charge in [-0.1, -0.05) is 31.9 Å². The van der Waals surface area contributed by atoms with Gasteiger partial charge < -0.3 is 0 Å². The quantitative estimate of drug-likeness (QED) is 0.544. The van der Waals surface area contributed by atoms with E-state index < -0.39 is 0 Å². The van der Waals surface area contributed by atoms with Gasteiger partial charge in [0.25, 0.3) is 0 Å². The molecular formula is C11H10Br2N2O2S. The number of halogens is 2. The number of aromatic nitrogens is 1. The van der Waals surface area contributed by atoms with Crippen LogP contribution in [0.3, 0.4) is 0 Å². The maximum absolute atomic E-state index is 12.3. The van der Waals surface area contributed by atoms with E-state index in [-0.39, 0.29) is 33.3 Å². The summed E-state index contributed by atoms with van der Waals surface area (Å²) in [6, 6.07) is 0. The summed E-state index contributed by atoms with van der Waals surface area (Å²) >= 11 is 8.45. The molecule has 0 unspecified atom stereocenters. The number of imide groups is 1. The highest BCUT2D eigenvalue weighted by Crippen LogP contribution is 2.44. The number of hydrogen-bond donors (Lipinski definition) is 0. The summed E-state index contributed by atoms with van der Waals surface area (Å²) in [5.74, 6) is -0.577. The summed E-state index contributed by atoms with van der Waals surface area (Å²) in [6.45, 7) is 0. The molecule has 2 fully saturated rings. The van der Waals surface area contributed by atoms with Gasteiger partial charge in [0.05, 0.1) is 11.8 Å². The van der Waals surface area contributed by atoms with E-state index in [9.17, 15) is 9.59 Å². The lowest BCUT2D eigenvalue weighted by atomic mass is 9.81. The van der Waals surface area contributed by atoms with Crippen molar-refractivity contribution in [3.8, 4) is 0 Å². The summed E-state index contributed by atoms with van der Waals surface area (Å²) in [5.41, 5.74) is 0. The van der Waals surface area contributed by atoms with Crippen LogP contribution < -0.4 is 4.90 Å².